The summed E-state index contributed by atoms with van der Waals surface area (Å²) in [4.78, 5) is 58.8. The normalized spacial score (nSPS) is 33.1. The Morgan fingerprint density at radius 3 is 1.17 bits per heavy atom. The van der Waals surface area contributed by atoms with Crippen LogP contribution in [0.2, 0.25) is 0 Å². The van der Waals surface area contributed by atoms with Crippen molar-refractivity contribution < 1.29 is 52.4 Å². The van der Waals surface area contributed by atoms with Crippen LogP contribution >= 0.6 is 0 Å². The first-order chi connectivity index (χ1) is 13.5. The van der Waals surface area contributed by atoms with Crippen LogP contribution in [0.3, 0.4) is 0 Å². The van der Waals surface area contributed by atoms with Crippen molar-refractivity contribution in [1.82, 2.24) is 0 Å². The second-order valence-corrected chi connectivity index (χ2v) is 6.84. The van der Waals surface area contributed by atoms with Gasteiger partial charge in [-0.15, -0.1) is 0 Å². The van der Waals surface area contributed by atoms with Crippen molar-refractivity contribution in [2.75, 3.05) is 6.61 Å². The van der Waals surface area contributed by atoms with Crippen molar-refractivity contribution >= 4 is 29.8 Å². The van der Waals surface area contributed by atoms with E-state index in [0.717, 1.165) is 34.6 Å². The number of carbonyl (C=O) groups is 5. The monoisotopic (exact) mass is 416 g/mol. The highest BCUT2D eigenvalue weighted by molar-refractivity contribution is 5.70. The second kappa shape index (κ2) is 8.76. The van der Waals surface area contributed by atoms with Gasteiger partial charge in [0.05, 0.1) is 6.61 Å². The molecule has 1 saturated heterocycles. The van der Waals surface area contributed by atoms with E-state index in [-0.39, 0.29) is 13.0 Å². The summed E-state index contributed by atoms with van der Waals surface area (Å²) < 4.78 is 32.3. The molecule has 1 saturated carbocycles. The van der Waals surface area contributed by atoms with Crippen molar-refractivity contribution in [3.63, 3.8) is 0 Å². The first-order valence-corrected chi connectivity index (χ1v) is 8.98. The van der Waals surface area contributed by atoms with Gasteiger partial charge in [-0.25, -0.2) is 0 Å². The minimum atomic E-state index is -1.45. The molecule has 1 aliphatic heterocycles. The smallest absolute Gasteiger partial charge is 0.303 e. The molecule has 4 atom stereocenters. The summed E-state index contributed by atoms with van der Waals surface area (Å²) in [6.07, 6.45) is -6.46. The van der Waals surface area contributed by atoms with E-state index in [1.807, 2.05) is 0 Å². The molecule has 1 heterocycles. The van der Waals surface area contributed by atoms with Crippen molar-refractivity contribution in [2.45, 2.75) is 77.2 Å². The Labute approximate surface area is 166 Å². The second-order valence-electron chi connectivity index (χ2n) is 6.84. The molecule has 2 fully saturated rings. The van der Waals surface area contributed by atoms with Crippen LogP contribution in [0.4, 0.5) is 0 Å². The van der Waals surface area contributed by atoms with Crippen LogP contribution in [0.15, 0.2) is 0 Å². The largest absolute Gasteiger partial charge is 0.455 e. The molecule has 2 rings (SSSR count). The van der Waals surface area contributed by atoms with Crippen molar-refractivity contribution in [1.29, 1.82) is 0 Å². The molecule has 0 aromatic heterocycles. The predicted octanol–water partition coefficient (Wildman–Crippen LogP) is -0.182. The van der Waals surface area contributed by atoms with E-state index in [0.29, 0.717) is 0 Å². The standard InChI is InChI=1S/C18H24O11/c1-8(19)25-13-14(26-9(2)20)16(28-11(4)22)18(6-7-24-18)17(29-12(5)23)15(13)27-10(3)21/h13-17H,6-7H2,1-5H3/t13-,14?,15?,16?,17?,18+. The Hall–Kier alpha value is -2.69. The topological polar surface area (TPSA) is 141 Å². The molecule has 0 bridgehead atoms. The SMILES string of the molecule is CC(=O)OC1C(OC(C)=O)[C@]2(CCO2)C(OC(C)=O)C(OC(C)=O)[C@H]1OC(C)=O. The summed E-state index contributed by atoms with van der Waals surface area (Å²) in [5.41, 5.74) is -1.45. The van der Waals surface area contributed by atoms with E-state index >= 15 is 0 Å². The van der Waals surface area contributed by atoms with Crippen LogP contribution in [0.1, 0.15) is 41.0 Å². The van der Waals surface area contributed by atoms with Crippen molar-refractivity contribution in [3.8, 4) is 0 Å². The summed E-state index contributed by atoms with van der Waals surface area (Å²) in [5.74, 6) is -3.75. The summed E-state index contributed by atoms with van der Waals surface area (Å²) in [5, 5.41) is 0. The summed E-state index contributed by atoms with van der Waals surface area (Å²) in [6.45, 7) is 5.83. The number of carbonyl (C=O) groups excluding carboxylic acids is 5. The fourth-order valence-electron chi connectivity index (χ4n) is 3.69. The fourth-order valence-corrected chi connectivity index (χ4v) is 3.69. The third-order valence-corrected chi connectivity index (χ3v) is 4.56. The maximum atomic E-state index is 11.8. The van der Waals surface area contributed by atoms with Crippen LogP contribution < -0.4 is 0 Å². The fraction of sp³-hybridized carbons (Fsp3) is 0.722. The van der Waals surface area contributed by atoms with Gasteiger partial charge in [-0.3, -0.25) is 24.0 Å². The molecule has 0 radical (unpaired) electrons. The average Bonchev–Trinajstić information content (AvgIpc) is 2.50. The summed E-state index contributed by atoms with van der Waals surface area (Å²) in [7, 11) is 0. The van der Waals surface area contributed by atoms with Gasteiger partial charge < -0.3 is 28.4 Å². The number of hydrogen-bond acceptors (Lipinski definition) is 11. The maximum Gasteiger partial charge on any atom is 0.303 e. The maximum absolute atomic E-state index is 11.8. The van der Waals surface area contributed by atoms with Gasteiger partial charge in [0.25, 0.3) is 0 Å². The lowest BCUT2D eigenvalue weighted by Gasteiger charge is -2.57. The molecule has 162 valence electrons. The summed E-state index contributed by atoms with van der Waals surface area (Å²) in [6, 6.07) is 0. The first kappa shape index (κ1) is 22.6. The average molecular weight is 416 g/mol. The molecular weight excluding hydrogens is 392 g/mol. The van der Waals surface area contributed by atoms with Crippen LogP contribution in [-0.4, -0.2) is 72.6 Å². The molecule has 29 heavy (non-hydrogen) atoms. The molecule has 0 aromatic carbocycles. The zero-order valence-electron chi connectivity index (χ0n) is 16.8. The van der Waals surface area contributed by atoms with Gasteiger partial charge in [0.2, 0.25) is 0 Å². The Bertz CT molecular complexity index is 650. The highest BCUT2D eigenvalue weighted by atomic mass is 16.7. The number of ether oxygens (including phenoxy) is 6. The molecule has 11 nitrogen and oxygen atoms in total. The van der Waals surface area contributed by atoms with Crippen molar-refractivity contribution in [3.05, 3.63) is 0 Å². The number of rotatable bonds is 5. The first-order valence-electron chi connectivity index (χ1n) is 8.98. The molecule has 1 spiro atoms. The van der Waals surface area contributed by atoms with Gasteiger partial charge in [0, 0.05) is 41.0 Å². The molecule has 0 aromatic rings. The summed E-state index contributed by atoms with van der Waals surface area (Å²) >= 11 is 0. The van der Waals surface area contributed by atoms with Crippen LogP contribution in [0.5, 0.6) is 0 Å². The Morgan fingerprint density at radius 1 is 0.621 bits per heavy atom. The Balaban J connectivity index is 2.63. The molecule has 2 aliphatic rings. The van der Waals surface area contributed by atoms with Crippen LogP contribution in [0.25, 0.3) is 0 Å². The Morgan fingerprint density at radius 2 is 0.931 bits per heavy atom. The van der Waals surface area contributed by atoms with E-state index in [1.54, 1.807) is 0 Å². The van der Waals surface area contributed by atoms with Crippen LogP contribution in [0, 0.1) is 0 Å². The van der Waals surface area contributed by atoms with Gasteiger partial charge in [-0.05, 0) is 0 Å². The van der Waals surface area contributed by atoms with Crippen LogP contribution in [-0.2, 0) is 52.4 Å². The van der Waals surface area contributed by atoms with E-state index in [1.165, 1.54) is 0 Å². The lowest BCUT2D eigenvalue weighted by Crippen LogP contribution is -2.77. The highest BCUT2D eigenvalue weighted by Gasteiger charge is 2.70. The van der Waals surface area contributed by atoms with E-state index in [9.17, 15) is 24.0 Å². The van der Waals surface area contributed by atoms with Gasteiger partial charge >= 0.3 is 29.8 Å². The van der Waals surface area contributed by atoms with E-state index in [4.69, 9.17) is 28.4 Å². The number of hydrogen-bond donors (Lipinski definition) is 0. The third kappa shape index (κ3) is 4.84. The zero-order valence-corrected chi connectivity index (χ0v) is 16.8. The van der Waals surface area contributed by atoms with Crippen molar-refractivity contribution in [2.24, 2.45) is 0 Å². The quantitative estimate of drug-likeness (QED) is 0.435. The lowest BCUT2D eigenvalue weighted by molar-refractivity contribution is -0.330. The van der Waals surface area contributed by atoms with Gasteiger partial charge in [-0.2, -0.15) is 0 Å². The minimum absolute atomic E-state index is 0.230. The number of esters is 5. The molecule has 0 N–H and O–H groups in total. The molecule has 4 unspecified atom stereocenters. The zero-order chi connectivity index (χ0) is 21.9. The van der Waals surface area contributed by atoms with Gasteiger partial charge in [0.1, 0.15) is 0 Å². The molecule has 11 heteroatoms. The Kier molecular flexibility index (Phi) is 6.83. The molecule has 1 aliphatic carbocycles. The molecule has 0 amide bonds. The predicted molar refractivity (Wildman–Crippen MR) is 91.1 cm³/mol. The molecular formula is C18H24O11. The van der Waals surface area contributed by atoms with Gasteiger partial charge in [-0.1, -0.05) is 0 Å². The van der Waals surface area contributed by atoms with E-state index < -0.39 is 66.0 Å². The lowest BCUT2D eigenvalue weighted by atomic mass is 9.70. The minimum Gasteiger partial charge on any atom is -0.455 e. The van der Waals surface area contributed by atoms with Gasteiger partial charge in [0.15, 0.2) is 36.1 Å². The highest BCUT2D eigenvalue weighted by Crippen LogP contribution is 2.47. The third-order valence-electron chi connectivity index (χ3n) is 4.56. The van der Waals surface area contributed by atoms with E-state index in [2.05, 4.69) is 0 Å².